The van der Waals surface area contributed by atoms with Crippen LogP contribution in [0, 0.1) is 0 Å². The van der Waals surface area contributed by atoms with Crippen molar-refractivity contribution < 1.29 is 0 Å². The number of nitrogens with zero attached hydrogens (tertiary/aromatic N) is 1. The van der Waals surface area contributed by atoms with Crippen LogP contribution in [0.2, 0.25) is 0 Å². The highest BCUT2D eigenvalue weighted by Gasteiger charge is 2.27. The molecule has 0 radical (unpaired) electrons. The van der Waals surface area contributed by atoms with E-state index in [4.69, 9.17) is 0 Å². The summed E-state index contributed by atoms with van der Waals surface area (Å²) in [4.78, 5) is 0. The van der Waals surface area contributed by atoms with Crippen LogP contribution in [0.4, 0.5) is 0 Å². The first kappa shape index (κ1) is 8.72. The molecular formula is C9H16N4. The molecule has 4 nitrogen and oxygen atoms in total. The molecule has 1 fully saturated rings. The van der Waals surface area contributed by atoms with Gasteiger partial charge in [-0.05, 0) is 13.8 Å². The molecule has 4 heteroatoms. The Bertz CT molecular complexity index is 265. The van der Waals surface area contributed by atoms with E-state index in [-0.39, 0.29) is 5.54 Å². The number of H-pyrrole nitrogens is 1. The van der Waals surface area contributed by atoms with Gasteiger partial charge in [-0.25, -0.2) is 0 Å². The highest BCUT2D eigenvalue weighted by Crippen LogP contribution is 2.17. The lowest BCUT2D eigenvalue weighted by Crippen LogP contribution is -2.56. The van der Waals surface area contributed by atoms with E-state index in [1.807, 2.05) is 12.4 Å². The van der Waals surface area contributed by atoms with Gasteiger partial charge in [0, 0.05) is 36.4 Å². The Morgan fingerprint density at radius 1 is 1.54 bits per heavy atom. The van der Waals surface area contributed by atoms with Gasteiger partial charge in [-0.2, -0.15) is 5.10 Å². The summed E-state index contributed by atoms with van der Waals surface area (Å²) in [6.45, 7) is 6.39. The molecule has 0 aliphatic carbocycles. The van der Waals surface area contributed by atoms with Gasteiger partial charge in [-0.3, -0.25) is 5.10 Å². The smallest absolute Gasteiger partial charge is 0.0535 e. The van der Waals surface area contributed by atoms with E-state index in [9.17, 15) is 0 Å². The van der Waals surface area contributed by atoms with Gasteiger partial charge in [-0.15, -0.1) is 0 Å². The summed E-state index contributed by atoms with van der Waals surface area (Å²) in [5, 5.41) is 13.8. The molecule has 2 heterocycles. The van der Waals surface area contributed by atoms with E-state index in [2.05, 4.69) is 34.7 Å². The van der Waals surface area contributed by atoms with Gasteiger partial charge in [0.2, 0.25) is 0 Å². The molecule has 1 aliphatic heterocycles. The first-order valence-corrected chi connectivity index (χ1v) is 4.64. The molecule has 1 unspecified atom stereocenters. The summed E-state index contributed by atoms with van der Waals surface area (Å²) in [6.07, 6.45) is 3.82. The summed E-state index contributed by atoms with van der Waals surface area (Å²) in [5.74, 6) is 0. The molecule has 0 bridgehead atoms. The van der Waals surface area contributed by atoms with Crippen molar-refractivity contribution in [3.63, 3.8) is 0 Å². The third-order valence-electron chi connectivity index (χ3n) is 2.40. The Balaban J connectivity index is 2.09. The molecule has 72 valence electrons. The fourth-order valence-electron chi connectivity index (χ4n) is 1.76. The fourth-order valence-corrected chi connectivity index (χ4v) is 1.76. The van der Waals surface area contributed by atoms with E-state index in [0.717, 1.165) is 13.1 Å². The summed E-state index contributed by atoms with van der Waals surface area (Å²) < 4.78 is 0. The number of nitrogens with one attached hydrogen (secondary N) is 3. The minimum absolute atomic E-state index is 0.167. The summed E-state index contributed by atoms with van der Waals surface area (Å²) in [7, 11) is 0. The van der Waals surface area contributed by atoms with Crippen LogP contribution in [0.15, 0.2) is 12.4 Å². The minimum atomic E-state index is 0.167. The first-order valence-electron chi connectivity index (χ1n) is 4.64. The maximum absolute atomic E-state index is 3.95. The molecule has 13 heavy (non-hydrogen) atoms. The van der Waals surface area contributed by atoms with Crippen LogP contribution in [0.3, 0.4) is 0 Å². The van der Waals surface area contributed by atoms with E-state index in [1.54, 1.807) is 0 Å². The van der Waals surface area contributed by atoms with E-state index >= 15 is 0 Å². The maximum atomic E-state index is 3.95. The predicted octanol–water partition coefficient (Wildman–Crippen LogP) is 0.422. The zero-order valence-electron chi connectivity index (χ0n) is 8.09. The average molecular weight is 180 g/mol. The summed E-state index contributed by atoms with van der Waals surface area (Å²) >= 11 is 0. The first-order chi connectivity index (χ1) is 6.17. The fraction of sp³-hybridized carbons (Fsp3) is 0.667. The number of rotatable bonds is 1. The van der Waals surface area contributed by atoms with E-state index in [0.29, 0.717) is 6.04 Å². The van der Waals surface area contributed by atoms with Crippen molar-refractivity contribution in [2.75, 3.05) is 13.1 Å². The quantitative estimate of drug-likeness (QED) is 0.587. The largest absolute Gasteiger partial charge is 0.313 e. The van der Waals surface area contributed by atoms with Crippen molar-refractivity contribution >= 4 is 0 Å². The zero-order chi connectivity index (χ0) is 9.31. The Morgan fingerprint density at radius 3 is 3.00 bits per heavy atom. The van der Waals surface area contributed by atoms with Crippen LogP contribution < -0.4 is 10.6 Å². The van der Waals surface area contributed by atoms with Crippen LogP contribution >= 0.6 is 0 Å². The van der Waals surface area contributed by atoms with Crippen molar-refractivity contribution in [3.05, 3.63) is 18.0 Å². The topological polar surface area (TPSA) is 52.7 Å². The lowest BCUT2D eigenvalue weighted by Gasteiger charge is -2.37. The second kappa shape index (κ2) is 3.12. The molecule has 2 rings (SSSR count). The molecule has 0 amide bonds. The second-order valence-corrected chi connectivity index (χ2v) is 4.24. The Hall–Kier alpha value is -0.870. The standard InChI is InChI=1S/C9H16N4/c1-9(2)6-10-5-8(13-9)7-3-11-12-4-7/h3-4,8,10,13H,5-6H2,1-2H3,(H,11,12). The zero-order valence-corrected chi connectivity index (χ0v) is 8.09. The summed E-state index contributed by atoms with van der Waals surface area (Å²) in [5.41, 5.74) is 1.39. The summed E-state index contributed by atoms with van der Waals surface area (Å²) in [6, 6.07) is 0.377. The number of hydrogen-bond donors (Lipinski definition) is 3. The van der Waals surface area contributed by atoms with Crippen LogP contribution in [0.25, 0.3) is 0 Å². The van der Waals surface area contributed by atoms with Crippen molar-refractivity contribution in [3.8, 4) is 0 Å². The maximum Gasteiger partial charge on any atom is 0.0535 e. The Morgan fingerprint density at radius 2 is 2.38 bits per heavy atom. The number of aromatic amines is 1. The van der Waals surface area contributed by atoms with Gasteiger partial charge in [-0.1, -0.05) is 0 Å². The van der Waals surface area contributed by atoms with Crippen LogP contribution in [-0.4, -0.2) is 28.8 Å². The lowest BCUT2D eigenvalue weighted by molar-refractivity contribution is 0.264. The van der Waals surface area contributed by atoms with Gasteiger partial charge in [0.1, 0.15) is 0 Å². The van der Waals surface area contributed by atoms with Gasteiger partial charge < -0.3 is 10.6 Å². The van der Waals surface area contributed by atoms with Crippen molar-refractivity contribution in [2.45, 2.75) is 25.4 Å². The normalized spacial score (nSPS) is 27.4. The third kappa shape index (κ3) is 1.89. The van der Waals surface area contributed by atoms with Gasteiger partial charge in [0.25, 0.3) is 0 Å². The predicted molar refractivity (Wildman–Crippen MR) is 51.4 cm³/mol. The van der Waals surface area contributed by atoms with Gasteiger partial charge in [0.05, 0.1) is 6.20 Å². The number of piperazine rings is 1. The van der Waals surface area contributed by atoms with Crippen molar-refractivity contribution in [2.24, 2.45) is 0 Å². The molecule has 0 aromatic carbocycles. The average Bonchev–Trinajstić information content (AvgIpc) is 2.53. The minimum Gasteiger partial charge on any atom is -0.313 e. The molecule has 1 aliphatic rings. The van der Waals surface area contributed by atoms with Gasteiger partial charge >= 0.3 is 0 Å². The van der Waals surface area contributed by atoms with Crippen molar-refractivity contribution in [1.29, 1.82) is 0 Å². The number of aromatic nitrogens is 2. The molecule has 3 N–H and O–H groups in total. The lowest BCUT2D eigenvalue weighted by atomic mass is 9.98. The van der Waals surface area contributed by atoms with Gasteiger partial charge in [0.15, 0.2) is 0 Å². The highest BCUT2D eigenvalue weighted by atomic mass is 15.1. The molecule has 1 aromatic rings. The monoisotopic (exact) mass is 180 g/mol. The van der Waals surface area contributed by atoms with Crippen LogP contribution in [0.1, 0.15) is 25.5 Å². The van der Waals surface area contributed by atoms with E-state index in [1.165, 1.54) is 5.56 Å². The number of hydrogen-bond acceptors (Lipinski definition) is 3. The molecule has 0 saturated carbocycles. The third-order valence-corrected chi connectivity index (χ3v) is 2.40. The highest BCUT2D eigenvalue weighted by molar-refractivity contribution is 5.12. The second-order valence-electron chi connectivity index (χ2n) is 4.24. The molecular weight excluding hydrogens is 164 g/mol. The SMILES string of the molecule is CC1(C)CNCC(c2cn[nH]c2)N1. The van der Waals surface area contributed by atoms with Crippen LogP contribution in [0.5, 0.6) is 0 Å². The van der Waals surface area contributed by atoms with Crippen LogP contribution in [-0.2, 0) is 0 Å². The molecule has 0 spiro atoms. The molecule has 1 saturated heterocycles. The Kier molecular flexibility index (Phi) is 2.09. The molecule has 1 aromatic heterocycles. The molecule has 1 atom stereocenters. The Labute approximate surface area is 78.1 Å². The van der Waals surface area contributed by atoms with Crippen molar-refractivity contribution in [1.82, 2.24) is 20.8 Å². The van der Waals surface area contributed by atoms with E-state index < -0.39 is 0 Å².